The smallest absolute Gasteiger partial charge is 0.410 e. The molecule has 1 atom stereocenters. The molecule has 6 heteroatoms. The van der Waals surface area contributed by atoms with Gasteiger partial charge in [-0.05, 0) is 25.2 Å². The van der Waals surface area contributed by atoms with Crippen molar-refractivity contribution >= 4 is 12.0 Å². The van der Waals surface area contributed by atoms with Crippen molar-refractivity contribution in [3.05, 3.63) is 0 Å². The predicted octanol–water partition coefficient (Wildman–Crippen LogP) is 0.371. The van der Waals surface area contributed by atoms with E-state index in [1.54, 1.807) is 0 Å². The van der Waals surface area contributed by atoms with Gasteiger partial charge in [0.25, 0.3) is 0 Å². The van der Waals surface area contributed by atoms with Crippen molar-refractivity contribution in [3.8, 4) is 0 Å². The number of amides is 2. The summed E-state index contributed by atoms with van der Waals surface area (Å²) in [7, 11) is 0. The molecule has 0 bridgehead atoms. The second-order valence-corrected chi connectivity index (χ2v) is 4.76. The molecule has 2 fully saturated rings. The van der Waals surface area contributed by atoms with Crippen LogP contribution >= 0.6 is 0 Å². The van der Waals surface area contributed by atoms with Crippen LogP contribution in [0, 0.1) is 5.92 Å². The number of cyclic esters (lactones) is 1. The monoisotopic (exact) mass is 256 g/mol. The number of rotatable bonds is 5. The highest BCUT2D eigenvalue weighted by atomic mass is 16.6. The summed E-state index contributed by atoms with van der Waals surface area (Å²) in [6, 6.07) is 0. The van der Waals surface area contributed by atoms with Crippen molar-refractivity contribution in [1.29, 1.82) is 0 Å². The fourth-order valence-corrected chi connectivity index (χ4v) is 2.25. The van der Waals surface area contributed by atoms with Gasteiger partial charge in [-0.2, -0.15) is 0 Å². The second kappa shape index (κ2) is 6.58. The lowest BCUT2D eigenvalue weighted by Gasteiger charge is -2.22. The summed E-state index contributed by atoms with van der Waals surface area (Å²) in [6.07, 6.45) is 2.83. The lowest BCUT2D eigenvalue weighted by Crippen LogP contribution is -2.38. The van der Waals surface area contributed by atoms with Crippen LogP contribution in [0.2, 0.25) is 0 Å². The minimum atomic E-state index is -0.397. The Bertz CT molecular complexity index is 302. The van der Waals surface area contributed by atoms with E-state index in [-0.39, 0.29) is 12.5 Å². The average Bonchev–Trinajstić information content (AvgIpc) is 2.76. The van der Waals surface area contributed by atoms with E-state index in [2.05, 4.69) is 5.32 Å². The Morgan fingerprint density at radius 1 is 1.44 bits per heavy atom. The van der Waals surface area contributed by atoms with Gasteiger partial charge in [-0.15, -0.1) is 0 Å². The van der Waals surface area contributed by atoms with E-state index in [1.165, 1.54) is 11.3 Å². The number of nitrogens with zero attached hydrogens (tertiary/aromatic N) is 1. The molecule has 2 aliphatic rings. The first-order valence-corrected chi connectivity index (χ1v) is 6.52. The third-order valence-electron chi connectivity index (χ3n) is 3.31. The van der Waals surface area contributed by atoms with Crippen LogP contribution in [0.1, 0.15) is 19.3 Å². The third kappa shape index (κ3) is 3.87. The van der Waals surface area contributed by atoms with Crippen LogP contribution in [-0.2, 0) is 14.3 Å². The van der Waals surface area contributed by atoms with Gasteiger partial charge in [0.05, 0.1) is 6.54 Å². The van der Waals surface area contributed by atoms with Crippen LogP contribution in [-0.4, -0.2) is 56.4 Å². The Morgan fingerprint density at radius 2 is 2.33 bits per heavy atom. The normalized spacial score (nSPS) is 23.9. The van der Waals surface area contributed by atoms with Crippen LogP contribution < -0.4 is 5.32 Å². The van der Waals surface area contributed by atoms with Crippen molar-refractivity contribution < 1.29 is 19.1 Å². The summed E-state index contributed by atoms with van der Waals surface area (Å²) in [5.41, 5.74) is 0. The van der Waals surface area contributed by atoms with Crippen LogP contribution in [0.15, 0.2) is 0 Å². The summed E-state index contributed by atoms with van der Waals surface area (Å²) in [4.78, 5) is 24.1. The van der Waals surface area contributed by atoms with E-state index >= 15 is 0 Å². The number of ether oxygens (including phenoxy) is 2. The molecule has 1 N–H and O–H groups in total. The largest absolute Gasteiger partial charge is 0.448 e. The molecule has 2 aliphatic heterocycles. The van der Waals surface area contributed by atoms with E-state index in [0.717, 1.165) is 26.1 Å². The molecule has 2 amide bonds. The van der Waals surface area contributed by atoms with E-state index < -0.39 is 6.09 Å². The third-order valence-corrected chi connectivity index (χ3v) is 3.31. The van der Waals surface area contributed by atoms with Crippen LogP contribution in [0.25, 0.3) is 0 Å². The molecule has 0 saturated carbocycles. The van der Waals surface area contributed by atoms with E-state index in [0.29, 0.717) is 25.6 Å². The summed E-state index contributed by atoms with van der Waals surface area (Å²) in [6.45, 7) is 3.29. The molecule has 0 aromatic carbocycles. The van der Waals surface area contributed by atoms with Crippen molar-refractivity contribution in [2.24, 2.45) is 5.92 Å². The van der Waals surface area contributed by atoms with Crippen molar-refractivity contribution in [1.82, 2.24) is 10.2 Å². The van der Waals surface area contributed by atoms with Crippen LogP contribution in [0.5, 0.6) is 0 Å². The molecule has 0 aromatic heterocycles. The molecular weight excluding hydrogens is 236 g/mol. The van der Waals surface area contributed by atoms with Crippen molar-refractivity contribution in [2.75, 3.05) is 39.5 Å². The van der Waals surface area contributed by atoms with Crippen molar-refractivity contribution in [2.45, 2.75) is 19.3 Å². The first-order valence-electron chi connectivity index (χ1n) is 6.52. The number of nitrogens with one attached hydrogen (secondary N) is 1. The highest BCUT2D eigenvalue weighted by molar-refractivity contribution is 5.82. The minimum Gasteiger partial charge on any atom is -0.448 e. The summed E-state index contributed by atoms with van der Waals surface area (Å²) >= 11 is 0. The molecule has 0 aliphatic carbocycles. The van der Waals surface area contributed by atoms with Gasteiger partial charge in [-0.1, -0.05) is 0 Å². The van der Waals surface area contributed by atoms with Crippen molar-refractivity contribution in [3.63, 3.8) is 0 Å². The Hall–Kier alpha value is -1.30. The zero-order chi connectivity index (χ0) is 12.8. The lowest BCUT2D eigenvalue weighted by atomic mass is 9.99. The van der Waals surface area contributed by atoms with E-state index in [1.807, 2.05) is 0 Å². The summed E-state index contributed by atoms with van der Waals surface area (Å²) in [5, 5.41) is 2.83. The van der Waals surface area contributed by atoms with Crippen LogP contribution in [0.4, 0.5) is 4.79 Å². The summed E-state index contributed by atoms with van der Waals surface area (Å²) in [5.74, 6) is 0.432. The second-order valence-electron chi connectivity index (χ2n) is 4.76. The summed E-state index contributed by atoms with van der Waals surface area (Å²) < 4.78 is 10.1. The van der Waals surface area contributed by atoms with Gasteiger partial charge in [0.2, 0.25) is 5.91 Å². The zero-order valence-electron chi connectivity index (χ0n) is 10.5. The molecule has 2 rings (SSSR count). The van der Waals surface area contributed by atoms with Gasteiger partial charge in [-0.3, -0.25) is 9.69 Å². The highest BCUT2D eigenvalue weighted by Crippen LogP contribution is 2.16. The zero-order valence-corrected chi connectivity index (χ0v) is 10.5. The maximum absolute atomic E-state index is 11.6. The Morgan fingerprint density at radius 3 is 3.00 bits per heavy atom. The first-order chi connectivity index (χ1) is 8.75. The molecule has 0 aromatic rings. The van der Waals surface area contributed by atoms with Gasteiger partial charge < -0.3 is 14.8 Å². The molecule has 6 nitrogen and oxygen atoms in total. The molecule has 0 radical (unpaired) electrons. The first kappa shape index (κ1) is 13.1. The predicted molar refractivity (Wildman–Crippen MR) is 64.1 cm³/mol. The van der Waals surface area contributed by atoms with Gasteiger partial charge in [0.1, 0.15) is 13.2 Å². The van der Waals surface area contributed by atoms with Gasteiger partial charge in [-0.25, -0.2) is 4.79 Å². The molecule has 0 spiro atoms. The van der Waals surface area contributed by atoms with Gasteiger partial charge >= 0.3 is 6.09 Å². The average molecular weight is 256 g/mol. The Labute approximate surface area is 107 Å². The molecule has 2 saturated heterocycles. The van der Waals surface area contributed by atoms with E-state index in [4.69, 9.17) is 9.47 Å². The number of hydrogen-bond acceptors (Lipinski definition) is 4. The maximum Gasteiger partial charge on any atom is 0.410 e. The standard InChI is InChI=1S/C12H20N2O4/c15-11(8-14-5-7-18-12(14)16)13-4-3-10-2-1-6-17-9-10/h10H,1-9H2,(H,13,15)/t10-/m0/s1. The number of carbonyl (C=O) groups is 2. The number of carbonyl (C=O) groups excluding carboxylic acids is 2. The van der Waals surface area contributed by atoms with Gasteiger partial charge in [0.15, 0.2) is 0 Å². The van der Waals surface area contributed by atoms with E-state index in [9.17, 15) is 9.59 Å². The topological polar surface area (TPSA) is 67.9 Å². The van der Waals surface area contributed by atoms with Gasteiger partial charge in [0, 0.05) is 19.8 Å². The lowest BCUT2D eigenvalue weighted by molar-refractivity contribution is -0.121. The Balaban J connectivity index is 1.58. The molecule has 2 heterocycles. The molecular formula is C12H20N2O4. The molecule has 102 valence electrons. The number of hydrogen-bond donors (Lipinski definition) is 1. The van der Waals surface area contributed by atoms with Crippen LogP contribution in [0.3, 0.4) is 0 Å². The fourth-order valence-electron chi connectivity index (χ4n) is 2.25. The molecule has 0 unspecified atom stereocenters. The fraction of sp³-hybridized carbons (Fsp3) is 0.833. The minimum absolute atomic E-state index is 0.0972. The quantitative estimate of drug-likeness (QED) is 0.771. The molecule has 18 heavy (non-hydrogen) atoms. The SMILES string of the molecule is O=C(CN1CCOC1=O)NCC[C@@H]1CCCOC1. The Kier molecular flexibility index (Phi) is 4.81. The highest BCUT2D eigenvalue weighted by Gasteiger charge is 2.24. The maximum atomic E-state index is 11.6.